The zero-order chi connectivity index (χ0) is 7.07. The van der Waals surface area contributed by atoms with Crippen molar-refractivity contribution in [3.8, 4) is 0 Å². The van der Waals surface area contributed by atoms with Gasteiger partial charge in [0.05, 0.1) is 0 Å². The molecule has 0 N–H and O–H groups in total. The highest BCUT2D eigenvalue weighted by Gasteiger charge is 1.86. The van der Waals surface area contributed by atoms with Crippen LogP contribution in [0, 0.1) is 0 Å². The van der Waals surface area contributed by atoms with Crippen LogP contribution < -0.4 is 0 Å². The number of nitrogens with zero attached hydrogens (tertiary/aromatic N) is 1. The van der Waals surface area contributed by atoms with Gasteiger partial charge in [0, 0.05) is 12.6 Å². The maximum Gasteiger partial charge on any atom is 0.122 e. The smallest absolute Gasteiger partial charge is 0.122 e. The SMILES string of the molecule is C1=NOCC1.c1ccsc1. The molecule has 54 valence electrons. The summed E-state index contributed by atoms with van der Waals surface area (Å²) in [4.78, 5) is 4.51. The van der Waals surface area contributed by atoms with Gasteiger partial charge >= 0.3 is 0 Å². The van der Waals surface area contributed by atoms with Gasteiger partial charge in [-0.25, -0.2) is 0 Å². The zero-order valence-corrected chi connectivity index (χ0v) is 6.38. The minimum Gasteiger partial charge on any atom is -0.396 e. The predicted molar refractivity (Wildman–Crippen MR) is 43.4 cm³/mol. The molecule has 0 amide bonds. The fourth-order valence-electron chi connectivity index (χ4n) is 0.490. The summed E-state index contributed by atoms with van der Waals surface area (Å²) in [6, 6.07) is 4.04. The van der Waals surface area contributed by atoms with Crippen LogP contribution in [0.15, 0.2) is 28.0 Å². The third-order valence-corrected chi connectivity index (χ3v) is 1.54. The van der Waals surface area contributed by atoms with Crippen LogP contribution >= 0.6 is 11.3 Å². The first-order valence-electron chi connectivity index (χ1n) is 3.11. The summed E-state index contributed by atoms with van der Waals surface area (Å²) in [6.07, 6.45) is 2.75. The molecule has 0 bridgehead atoms. The van der Waals surface area contributed by atoms with Gasteiger partial charge < -0.3 is 4.84 Å². The number of hydrogen-bond acceptors (Lipinski definition) is 3. The summed E-state index contributed by atoms with van der Waals surface area (Å²) in [6.45, 7) is 0.778. The molecule has 1 aliphatic rings. The highest BCUT2D eigenvalue weighted by molar-refractivity contribution is 7.07. The third kappa shape index (κ3) is 3.25. The molecule has 2 rings (SSSR count). The van der Waals surface area contributed by atoms with Crippen molar-refractivity contribution in [2.45, 2.75) is 6.42 Å². The number of hydrogen-bond donors (Lipinski definition) is 0. The van der Waals surface area contributed by atoms with E-state index in [0.29, 0.717) is 0 Å². The Hall–Kier alpha value is -0.830. The van der Waals surface area contributed by atoms with Crippen molar-refractivity contribution in [1.82, 2.24) is 0 Å². The Morgan fingerprint density at radius 3 is 2.30 bits per heavy atom. The fourth-order valence-corrected chi connectivity index (χ4v) is 0.944. The van der Waals surface area contributed by atoms with Crippen LogP contribution in [0.2, 0.25) is 0 Å². The van der Waals surface area contributed by atoms with E-state index in [-0.39, 0.29) is 0 Å². The van der Waals surface area contributed by atoms with E-state index in [0.717, 1.165) is 13.0 Å². The molecule has 1 aromatic heterocycles. The summed E-state index contributed by atoms with van der Waals surface area (Å²) < 4.78 is 0. The molecule has 0 spiro atoms. The largest absolute Gasteiger partial charge is 0.396 e. The molecule has 2 heterocycles. The monoisotopic (exact) mass is 155 g/mol. The van der Waals surface area contributed by atoms with Crippen molar-refractivity contribution in [3.63, 3.8) is 0 Å². The molecule has 0 saturated heterocycles. The minimum atomic E-state index is 0.778. The van der Waals surface area contributed by atoms with Crippen molar-refractivity contribution in [1.29, 1.82) is 0 Å². The van der Waals surface area contributed by atoms with E-state index in [1.807, 2.05) is 22.9 Å². The Kier molecular flexibility index (Phi) is 3.64. The molecule has 0 aromatic carbocycles. The van der Waals surface area contributed by atoms with Crippen molar-refractivity contribution in [3.05, 3.63) is 22.9 Å². The van der Waals surface area contributed by atoms with E-state index in [2.05, 4.69) is 9.99 Å². The Morgan fingerprint density at radius 2 is 2.10 bits per heavy atom. The Bertz CT molecular complexity index is 149. The van der Waals surface area contributed by atoms with Gasteiger partial charge in [0.25, 0.3) is 0 Å². The molecule has 1 aromatic rings. The van der Waals surface area contributed by atoms with E-state index in [1.165, 1.54) is 0 Å². The molecule has 3 heteroatoms. The Balaban J connectivity index is 0.0000001000. The van der Waals surface area contributed by atoms with E-state index in [9.17, 15) is 0 Å². The van der Waals surface area contributed by atoms with Gasteiger partial charge in [-0.05, 0) is 10.8 Å². The number of rotatable bonds is 0. The molecule has 1 aliphatic heterocycles. The standard InChI is InChI=1S/C4H4S.C3H5NO/c2*1-2-4-5-3-1/h1-4H;2H,1,3H2. The lowest BCUT2D eigenvalue weighted by Crippen LogP contribution is -1.72. The average Bonchev–Trinajstić information content (AvgIpc) is 2.67. The van der Waals surface area contributed by atoms with Crippen LogP contribution in [0.25, 0.3) is 0 Å². The summed E-state index contributed by atoms with van der Waals surface area (Å²) >= 11 is 1.71. The molecular formula is C7H9NOS. The second-order valence-electron chi connectivity index (χ2n) is 1.70. The lowest BCUT2D eigenvalue weighted by molar-refractivity contribution is 0.174. The second-order valence-corrected chi connectivity index (χ2v) is 2.52. The molecule has 0 radical (unpaired) electrons. The van der Waals surface area contributed by atoms with Crippen LogP contribution in [0.4, 0.5) is 0 Å². The molecule has 10 heavy (non-hydrogen) atoms. The number of thiophene rings is 1. The molecule has 0 saturated carbocycles. The second kappa shape index (κ2) is 4.99. The summed E-state index contributed by atoms with van der Waals surface area (Å²) in [5, 5.41) is 7.54. The first kappa shape index (κ1) is 7.28. The molecule has 0 aliphatic carbocycles. The lowest BCUT2D eigenvalue weighted by atomic mass is 10.5. The van der Waals surface area contributed by atoms with Gasteiger partial charge in [0.15, 0.2) is 0 Å². The highest BCUT2D eigenvalue weighted by Crippen LogP contribution is 1.91. The average molecular weight is 155 g/mol. The van der Waals surface area contributed by atoms with Crippen LogP contribution in [0.3, 0.4) is 0 Å². The number of oxime groups is 1. The predicted octanol–water partition coefficient (Wildman–Crippen LogP) is 2.14. The van der Waals surface area contributed by atoms with E-state index in [4.69, 9.17) is 0 Å². The van der Waals surface area contributed by atoms with Crippen LogP contribution in [0.5, 0.6) is 0 Å². The normalized spacial score (nSPS) is 13.6. The molecule has 2 nitrogen and oxygen atoms in total. The zero-order valence-electron chi connectivity index (χ0n) is 5.56. The van der Waals surface area contributed by atoms with Gasteiger partial charge in [-0.3, -0.25) is 0 Å². The molecular weight excluding hydrogens is 146 g/mol. The summed E-state index contributed by atoms with van der Waals surface area (Å²) in [5.41, 5.74) is 0. The van der Waals surface area contributed by atoms with E-state index in [1.54, 1.807) is 17.6 Å². The topological polar surface area (TPSA) is 21.6 Å². The lowest BCUT2D eigenvalue weighted by Gasteiger charge is -1.76. The van der Waals surface area contributed by atoms with Crippen LogP contribution in [-0.4, -0.2) is 12.8 Å². The summed E-state index contributed by atoms with van der Waals surface area (Å²) in [7, 11) is 0. The van der Waals surface area contributed by atoms with E-state index < -0.39 is 0 Å². The van der Waals surface area contributed by atoms with Crippen molar-refractivity contribution in [2.24, 2.45) is 5.16 Å². The highest BCUT2D eigenvalue weighted by atomic mass is 32.1. The van der Waals surface area contributed by atoms with Gasteiger partial charge in [-0.2, -0.15) is 11.3 Å². The van der Waals surface area contributed by atoms with Crippen LogP contribution in [-0.2, 0) is 4.84 Å². The third-order valence-electron chi connectivity index (χ3n) is 0.913. The van der Waals surface area contributed by atoms with Gasteiger partial charge in [-0.1, -0.05) is 17.3 Å². The first-order chi connectivity index (χ1) is 5.00. The maximum absolute atomic E-state index is 4.51. The van der Waals surface area contributed by atoms with Gasteiger partial charge in [-0.15, -0.1) is 0 Å². The van der Waals surface area contributed by atoms with Gasteiger partial charge in [0.1, 0.15) is 6.61 Å². The Labute approximate surface area is 64.1 Å². The van der Waals surface area contributed by atoms with Crippen molar-refractivity contribution >= 4 is 17.6 Å². The Morgan fingerprint density at radius 1 is 1.30 bits per heavy atom. The maximum atomic E-state index is 4.51. The van der Waals surface area contributed by atoms with Crippen LogP contribution in [0.1, 0.15) is 6.42 Å². The van der Waals surface area contributed by atoms with Crippen molar-refractivity contribution < 1.29 is 4.84 Å². The fraction of sp³-hybridized carbons (Fsp3) is 0.286. The molecule has 0 fully saturated rings. The quantitative estimate of drug-likeness (QED) is 0.562. The molecule has 0 unspecified atom stereocenters. The molecule has 0 atom stereocenters. The summed E-state index contributed by atoms with van der Waals surface area (Å²) in [5.74, 6) is 0. The van der Waals surface area contributed by atoms with Crippen molar-refractivity contribution in [2.75, 3.05) is 6.61 Å². The van der Waals surface area contributed by atoms with E-state index >= 15 is 0 Å². The van der Waals surface area contributed by atoms with Gasteiger partial charge in [0.2, 0.25) is 0 Å². The first-order valence-corrected chi connectivity index (χ1v) is 4.05. The minimum absolute atomic E-state index is 0.778.